The number of hydrogen-bond donors (Lipinski definition) is 1. The second-order valence-electron chi connectivity index (χ2n) is 3.96. The molecule has 4 nitrogen and oxygen atoms in total. The van der Waals surface area contributed by atoms with Crippen LogP contribution in [-0.4, -0.2) is 12.5 Å². The van der Waals surface area contributed by atoms with E-state index in [1.165, 1.54) is 11.3 Å². The quantitative estimate of drug-likeness (QED) is 0.907. The van der Waals surface area contributed by atoms with Gasteiger partial charge in [-0.2, -0.15) is 5.26 Å². The number of carbonyl (C=O) groups is 1. The van der Waals surface area contributed by atoms with E-state index in [0.29, 0.717) is 16.3 Å². The third-order valence-electron chi connectivity index (χ3n) is 2.51. The maximum absolute atomic E-state index is 12.2. The van der Waals surface area contributed by atoms with Crippen LogP contribution >= 0.6 is 27.3 Å². The average molecular weight is 351 g/mol. The lowest BCUT2D eigenvalue weighted by atomic mass is 10.2. The second kappa shape index (κ2) is 6.55. The standard InChI is InChI=1S/C14H11BrN2O2S/c1-9-8-12(20-13(9)15)14(18)17-10-4-2-3-5-11(10)19-7-6-16/h2-5,8H,7H2,1H3,(H,17,18). The summed E-state index contributed by atoms with van der Waals surface area (Å²) in [5, 5.41) is 11.3. The van der Waals surface area contributed by atoms with Crippen molar-refractivity contribution in [3.8, 4) is 11.8 Å². The molecule has 6 heteroatoms. The maximum Gasteiger partial charge on any atom is 0.265 e. The molecule has 0 atom stereocenters. The van der Waals surface area contributed by atoms with E-state index < -0.39 is 0 Å². The first kappa shape index (κ1) is 14.6. The SMILES string of the molecule is Cc1cc(C(=O)Nc2ccccc2OCC#N)sc1Br. The van der Waals surface area contributed by atoms with E-state index >= 15 is 0 Å². The van der Waals surface area contributed by atoms with Crippen LogP contribution in [0, 0.1) is 18.3 Å². The van der Waals surface area contributed by atoms with Crippen molar-refractivity contribution in [1.29, 1.82) is 5.26 Å². The van der Waals surface area contributed by atoms with Crippen LogP contribution in [-0.2, 0) is 0 Å². The van der Waals surface area contributed by atoms with Gasteiger partial charge in [0.1, 0.15) is 11.8 Å². The van der Waals surface area contributed by atoms with E-state index in [1.807, 2.05) is 19.1 Å². The minimum absolute atomic E-state index is 0.0590. The first-order valence-corrected chi connectivity index (χ1v) is 7.39. The maximum atomic E-state index is 12.2. The Morgan fingerprint density at radius 2 is 2.25 bits per heavy atom. The Morgan fingerprint density at radius 1 is 1.50 bits per heavy atom. The molecule has 102 valence electrons. The predicted molar refractivity (Wildman–Crippen MR) is 82.3 cm³/mol. The molecule has 0 saturated carbocycles. The van der Waals surface area contributed by atoms with E-state index in [1.54, 1.807) is 24.3 Å². The summed E-state index contributed by atoms with van der Waals surface area (Å²) in [6.07, 6.45) is 0. The number of nitrogens with zero attached hydrogens (tertiary/aromatic N) is 1. The van der Waals surface area contributed by atoms with Crippen LogP contribution < -0.4 is 10.1 Å². The number of nitriles is 1. The van der Waals surface area contributed by atoms with Crippen LogP contribution in [0.15, 0.2) is 34.1 Å². The minimum Gasteiger partial charge on any atom is -0.477 e. The Hall–Kier alpha value is -1.84. The molecule has 1 N–H and O–H groups in total. The molecule has 20 heavy (non-hydrogen) atoms. The fourth-order valence-electron chi connectivity index (χ4n) is 1.56. The van der Waals surface area contributed by atoms with Gasteiger partial charge < -0.3 is 10.1 Å². The van der Waals surface area contributed by atoms with Gasteiger partial charge in [0.15, 0.2) is 6.61 Å². The number of rotatable bonds is 4. The molecule has 0 fully saturated rings. The van der Waals surface area contributed by atoms with Gasteiger partial charge in [0.05, 0.1) is 14.4 Å². The Morgan fingerprint density at radius 3 is 2.90 bits per heavy atom. The Bertz CT molecular complexity index is 657. The highest BCUT2D eigenvalue weighted by Crippen LogP contribution is 2.29. The molecule has 1 aromatic heterocycles. The molecule has 1 aromatic carbocycles. The molecule has 0 unspecified atom stereocenters. The van der Waals surface area contributed by atoms with Crippen molar-refractivity contribution in [2.75, 3.05) is 11.9 Å². The van der Waals surface area contributed by atoms with Crippen LogP contribution in [0.2, 0.25) is 0 Å². The molecule has 0 saturated heterocycles. The molecule has 0 bridgehead atoms. The summed E-state index contributed by atoms with van der Waals surface area (Å²) in [6, 6.07) is 10.8. The number of amides is 1. The van der Waals surface area contributed by atoms with Gasteiger partial charge in [0.2, 0.25) is 0 Å². The summed E-state index contributed by atoms with van der Waals surface area (Å²) in [5.41, 5.74) is 1.57. The largest absolute Gasteiger partial charge is 0.477 e. The van der Waals surface area contributed by atoms with Gasteiger partial charge in [-0.1, -0.05) is 12.1 Å². The topological polar surface area (TPSA) is 62.1 Å². The first-order valence-electron chi connectivity index (χ1n) is 5.78. The zero-order valence-corrected chi connectivity index (χ0v) is 13.0. The molecule has 0 aliphatic heterocycles. The number of benzene rings is 1. The van der Waals surface area contributed by atoms with Gasteiger partial charge in [0.25, 0.3) is 5.91 Å². The molecular weight excluding hydrogens is 340 g/mol. The number of nitrogens with one attached hydrogen (secondary N) is 1. The molecular formula is C14H11BrN2O2S. The van der Waals surface area contributed by atoms with E-state index in [9.17, 15) is 4.79 Å². The van der Waals surface area contributed by atoms with Crippen LogP contribution in [0.1, 0.15) is 15.2 Å². The van der Waals surface area contributed by atoms with Gasteiger partial charge in [-0.25, -0.2) is 0 Å². The third-order valence-corrected chi connectivity index (χ3v) is 4.64. The fraction of sp³-hybridized carbons (Fsp3) is 0.143. The van der Waals surface area contributed by atoms with E-state index in [0.717, 1.165) is 9.35 Å². The van der Waals surface area contributed by atoms with Gasteiger partial charge in [0, 0.05) is 0 Å². The summed E-state index contributed by atoms with van der Waals surface area (Å²) in [6.45, 7) is 1.87. The van der Waals surface area contributed by atoms with E-state index in [-0.39, 0.29) is 12.5 Å². The first-order chi connectivity index (χ1) is 9.61. The number of anilines is 1. The lowest BCUT2D eigenvalue weighted by molar-refractivity contribution is 0.103. The summed E-state index contributed by atoms with van der Waals surface area (Å²) in [4.78, 5) is 12.8. The van der Waals surface area contributed by atoms with Crippen molar-refractivity contribution < 1.29 is 9.53 Å². The molecule has 2 aromatic rings. The van der Waals surface area contributed by atoms with Crippen molar-refractivity contribution in [3.05, 3.63) is 44.6 Å². The number of thiophene rings is 1. The lowest BCUT2D eigenvalue weighted by Gasteiger charge is -2.09. The Labute approximate surface area is 129 Å². The van der Waals surface area contributed by atoms with Crippen LogP contribution in [0.25, 0.3) is 0 Å². The van der Waals surface area contributed by atoms with Crippen molar-refractivity contribution in [3.63, 3.8) is 0 Å². The number of hydrogen-bond acceptors (Lipinski definition) is 4. The molecule has 1 heterocycles. The van der Waals surface area contributed by atoms with Crippen molar-refractivity contribution >= 4 is 38.9 Å². The second-order valence-corrected chi connectivity index (χ2v) is 6.33. The van der Waals surface area contributed by atoms with Gasteiger partial charge >= 0.3 is 0 Å². The molecule has 0 aliphatic rings. The highest BCUT2D eigenvalue weighted by atomic mass is 79.9. The van der Waals surface area contributed by atoms with Gasteiger partial charge in [-0.3, -0.25) is 4.79 Å². The number of para-hydroxylation sites is 2. The summed E-state index contributed by atoms with van der Waals surface area (Å²) in [5.74, 6) is 0.284. The monoisotopic (exact) mass is 350 g/mol. The smallest absolute Gasteiger partial charge is 0.265 e. The molecule has 0 radical (unpaired) electrons. The Balaban J connectivity index is 2.17. The van der Waals surface area contributed by atoms with Crippen molar-refractivity contribution in [1.82, 2.24) is 0 Å². The van der Waals surface area contributed by atoms with Crippen LogP contribution in [0.4, 0.5) is 5.69 Å². The normalized spacial score (nSPS) is 9.85. The number of aryl methyl sites for hydroxylation is 1. The summed E-state index contributed by atoms with van der Waals surface area (Å²) < 4.78 is 6.21. The molecule has 0 spiro atoms. The van der Waals surface area contributed by atoms with Crippen LogP contribution in [0.3, 0.4) is 0 Å². The zero-order valence-electron chi connectivity index (χ0n) is 10.6. The Kier molecular flexibility index (Phi) is 4.77. The molecule has 1 amide bonds. The number of halogens is 1. The highest BCUT2D eigenvalue weighted by Gasteiger charge is 2.13. The highest BCUT2D eigenvalue weighted by molar-refractivity contribution is 9.11. The number of ether oxygens (including phenoxy) is 1. The number of carbonyl (C=O) groups excluding carboxylic acids is 1. The van der Waals surface area contributed by atoms with E-state index in [4.69, 9.17) is 10.00 Å². The van der Waals surface area contributed by atoms with Crippen molar-refractivity contribution in [2.45, 2.75) is 6.92 Å². The fourth-order valence-corrected chi connectivity index (χ4v) is 2.99. The molecule has 2 rings (SSSR count). The van der Waals surface area contributed by atoms with E-state index in [2.05, 4.69) is 21.2 Å². The minimum atomic E-state index is -0.197. The van der Waals surface area contributed by atoms with Crippen LogP contribution in [0.5, 0.6) is 5.75 Å². The zero-order chi connectivity index (χ0) is 14.5. The predicted octanol–water partition coefficient (Wildman–Crippen LogP) is 3.97. The summed E-state index contributed by atoms with van der Waals surface area (Å²) in [7, 11) is 0. The van der Waals surface area contributed by atoms with Gasteiger partial charge in [-0.15, -0.1) is 11.3 Å². The molecule has 0 aliphatic carbocycles. The summed E-state index contributed by atoms with van der Waals surface area (Å²) >= 11 is 4.77. The lowest BCUT2D eigenvalue weighted by Crippen LogP contribution is -2.11. The van der Waals surface area contributed by atoms with Gasteiger partial charge in [-0.05, 0) is 46.6 Å². The van der Waals surface area contributed by atoms with Crippen molar-refractivity contribution in [2.24, 2.45) is 0 Å². The average Bonchev–Trinajstić information content (AvgIpc) is 2.78. The third kappa shape index (κ3) is 3.38.